The number of rotatable bonds is 13. The van der Waals surface area contributed by atoms with Crippen molar-refractivity contribution in [2.45, 2.75) is 52.2 Å². The molecule has 37 heavy (non-hydrogen) atoms. The monoisotopic (exact) mass is 553 g/mol. The molecular weight excluding hydrogens is 518 g/mol. The number of hydrogen-bond donors (Lipinski definition) is 1. The molecule has 0 heterocycles. The van der Waals surface area contributed by atoms with E-state index in [1.165, 1.54) is 31.3 Å². The van der Waals surface area contributed by atoms with Crippen LogP contribution >= 0.6 is 11.6 Å². The summed E-state index contributed by atoms with van der Waals surface area (Å²) >= 11 is 6.38. The van der Waals surface area contributed by atoms with Crippen LogP contribution in [0.15, 0.2) is 42.5 Å². The zero-order chi connectivity index (χ0) is 27.8. The van der Waals surface area contributed by atoms with Crippen molar-refractivity contribution in [2.75, 3.05) is 31.3 Å². The zero-order valence-corrected chi connectivity index (χ0v) is 23.7. The van der Waals surface area contributed by atoms with Crippen LogP contribution in [0, 0.1) is 0 Å². The number of carbonyl (C=O) groups is 2. The molecular formula is C26H36ClN3O6S. The third kappa shape index (κ3) is 8.00. The lowest BCUT2D eigenvalue weighted by atomic mass is 10.1. The lowest BCUT2D eigenvalue weighted by Crippen LogP contribution is -2.53. The quantitative estimate of drug-likeness (QED) is 0.404. The first-order valence-electron chi connectivity index (χ1n) is 12.0. The minimum Gasteiger partial charge on any atom is -0.497 e. The molecule has 2 aromatic rings. The number of nitrogens with one attached hydrogen (secondary N) is 1. The van der Waals surface area contributed by atoms with Crippen molar-refractivity contribution in [1.82, 2.24) is 10.2 Å². The van der Waals surface area contributed by atoms with Crippen molar-refractivity contribution < 1.29 is 27.5 Å². The first-order valence-corrected chi connectivity index (χ1v) is 14.2. The van der Waals surface area contributed by atoms with E-state index in [1.807, 2.05) is 13.8 Å². The molecule has 11 heteroatoms. The highest BCUT2D eigenvalue weighted by molar-refractivity contribution is 7.92. The summed E-state index contributed by atoms with van der Waals surface area (Å²) in [6.45, 7) is 5.12. The maximum absolute atomic E-state index is 13.8. The fourth-order valence-electron chi connectivity index (χ4n) is 3.76. The number of amides is 2. The minimum atomic E-state index is -3.92. The molecule has 2 aromatic carbocycles. The number of nitrogens with zero attached hydrogens (tertiary/aromatic N) is 2. The Kier molecular flexibility index (Phi) is 11.1. The van der Waals surface area contributed by atoms with Gasteiger partial charge in [0.05, 0.1) is 26.2 Å². The fourth-order valence-corrected chi connectivity index (χ4v) is 4.81. The molecule has 0 aromatic heterocycles. The number of carbonyl (C=O) groups excluding carboxylic acids is 2. The predicted molar refractivity (Wildman–Crippen MR) is 146 cm³/mol. The van der Waals surface area contributed by atoms with Gasteiger partial charge in [-0.05, 0) is 43.5 Å². The van der Waals surface area contributed by atoms with Gasteiger partial charge in [0.1, 0.15) is 24.1 Å². The van der Waals surface area contributed by atoms with Crippen molar-refractivity contribution in [3.05, 3.63) is 53.1 Å². The second-order valence-corrected chi connectivity index (χ2v) is 11.0. The van der Waals surface area contributed by atoms with Crippen molar-refractivity contribution in [2.24, 2.45) is 0 Å². The Bertz CT molecular complexity index is 1190. The summed E-state index contributed by atoms with van der Waals surface area (Å²) in [6, 6.07) is 10.7. The molecule has 2 atom stereocenters. The van der Waals surface area contributed by atoms with Gasteiger partial charge in [0.15, 0.2) is 0 Å². The third-order valence-corrected chi connectivity index (χ3v) is 7.52. The van der Waals surface area contributed by atoms with Gasteiger partial charge in [0.2, 0.25) is 21.8 Å². The molecule has 2 rings (SSSR count). The van der Waals surface area contributed by atoms with E-state index in [9.17, 15) is 18.0 Å². The molecule has 0 radical (unpaired) electrons. The van der Waals surface area contributed by atoms with Crippen LogP contribution in [-0.4, -0.2) is 64.2 Å². The van der Waals surface area contributed by atoms with Crippen molar-refractivity contribution in [3.63, 3.8) is 0 Å². The van der Waals surface area contributed by atoms with Gasteiger partial charge in [-0.3, -0.25) is 13.9 Å². The Hall–Kier alpha value is -2.98. The van der Waals surface area contributed by atoms with E-state index >= 15 is 0 Å². The summed E-state index contributed by atoms with van der Waals surface area (Å²) in [4.78, 5) is 28.4. The number of methoxy groups -OCH3 is 2. The molecule has 0 fully saturated rings. The Morgan fingerprint density at radius 2 is 1.73 bits per heavy atom. The second kappa shape index (κ2) is 13.5. The number of benzene rings is 2. The Morgan fingerprint density at radius 1 is 1.05 bits per heavy atom. The van der Waals surface area contributed by atoms with Gasteiger partial charge < -0.3 is 19.7 Å². The molecule has 0 saturated heterocycles. The normalized spacial score (nSPS) is 12.8. The molecule has 0 saturated carbocycles. The van der Waals surface area contributed by atoms with Crippen LogP contribution in [0.2, 0.25) is 5.02 Å². The number of halogens is 1. The third-order valence-electron chi connectivity index (χ3n) is 6.02. The summed E-state index contributed by atoms with van der Waals surface area (Å²) in [5, 5.41) is 3.37. The Balaban J connectivity index is 2.52. The zero-order valence-electron chi connectivity index (χ0n) is 22.2. The van der Waals surface area contributed by atoms with E-state index in [-0.39, 0.29) is 29.9 Å². The van der Waals surface area contributed by atoms with E-state index in [0.717, 1.165) is 17.0 Å². The Labute approximate surface area is 224 Å². The number of ether oxygens (including phenoxy) is 2. The summed E-state index contributed by atoms with van der Waals surface area (Å²) in [5.74, 6) is -0.190. The van der Waals surface area contributed by atoms with E-state index in [0.29, 0.717) is 22.8 Å². The van der Waals surface area contributed by atoms with Crippen LogP contribution in [0.3, 0.4) is 0 Å². The van der Waals surface area contributed by atoms with Gasteiger partial charge in [-0.25, -0.2) is 8.42 Å². The summed E-state index contributed by atoms with van der Waals surface area (Å²) in [7, 11) is -1.04. The van der Waals surface area contributed by atoms with Crippen LogP contribution in [0.5, 0.6) is 11.5 Å². The number of hydrogen-bond acceptors (Lipinski definition) is 6. The summed E-state index contributed by atoms with van der Waals surface area (Å²) < 4.78 is 37.3. The Morgan fingerprint density at radius 3 is 2.27 bits per heavy atom. The highest BCUT2D eigenvalue weighted by Gasteiger charge is 2.33. The van der Waals surface area contributed by atoms with Crippen molar-refractivity contribution >= 4 is 39.1 Å². The van der Waals surface area contributed by atoms with E-state index < -0.39 is 28.5 Å². The van der Waals surface area contributed by atoms with E-state index in [1.54, 1.807) is 37.3 Å². The SMILES string of the molecule is CC[C@@H](C)NC(=O)[C@@H](CC)N(Cc1ccccc1Cl)C(=O)CN(c1ccc(OC)cc1OC)S(C)(=O)=O. The average molecular weight is 554 g/mol. The first kappa shape index (κ1) is 30.2. The van der Waals surface area contributed by atoms with Gasteiger partial charge in [-0.2, -0.15) is 0 Å². The molecule has 0 aliphatic rings. The van der Waals surface area contributed by atoms with Gasteiger partial charge in [-0.15, -0.1) is 0 Å². The van der Waals surface area contributed by atoms with E-state index in [2.05, 4.69) is 5.32 Å². The van der Waals surface area contributed by atoms with Crippen LogP contribution in [0.4, 0.5) is 5.69 Å². The van der Waals surface area contributed by atoms with Crippen LogP contribution < -0.4 is 19.1 Å². The molecule has 1 N–H and O–H groups in total. The molecule has 204 valence electrons. The van der Waals surface area contributed by atoms with Crippen molar-refractivity contribution in [1.29, 1.82) is 0 Å². The molecule has 9 nitrogen and oxygen atoms in total. The molecule has 0 spiro atoms. The maximum atomic E-state index is 13.8. The lowest BCUT2D eigenvalue weighted by Gasteiger charge is -2.33. The molecule has 0 bridgehead atoms. The largest absolute Gasteiger partial charge is 0.497 e. The highest BCUT2D eigenvalue weighted by Crippen LogP contribution is 2.34. The van der Waals surface area contributed by atoms with Crippen LogP contribution in [0.25, 0.3) is 0 Å². The van der Waals surface area contributed by atoms with Crippen LogP contribution in [-0.2, 0) is 26.2 Å². The fraction of sp³-hybridized carbons (Fsp3) is 0.462. The van der Waals surface area contributed by atoms with Crippen LogP contribution in [0.1, 0.15) is 39.2 Å². The predicted octanol–water partition coefficient (Wildman–Crippen LogP) is 3.85. The average Bonchev–Trinajstić information content (AvgIpc) is 2.86. The van der Waals surface area contributed by atoms with Gasteiger partial charge in [0.25, 0.3) is 0 Å². The molecule has 0 aliphatic heterocycles. The highest BCUT2D eigenvalue weighted by atomic mass is 35.5. The van der Waals surface area contributed by atoms with Gasteiger partial charge in [-0.1, -0.05) is 43.6 Å². The molecule has 0 unspecified atom stereocenters. The summed E-state index contributed by atoms with van der Waals surface area (Å²) in [6.07, 6.45) is 2.05. The smallest absolute Gasteiger partial charge is 0.244 e. The summed E-state index contributed by atoms with van der Waals surface area (Å²) in [5.41, 5.74) is 0.814. The molecule has 2 amide bonds. The number of sulfonamides is 1. The molecule has 0 aliphatic carbocycles. The topological polar surface area (TPSA) is 105 Å². The first-order chi connectivity index (χ1) is 17.5. The lowest BCUT2D eigenvalue weighted by molar-refractivity contribution is -0.140. The van der Waals surface area contributed by atoms with E-state index in [4.69, 9.17) is 21.1 Å². The van der Waals surface area contributed by atoms with Crippen molar-refractivity contribution in [3.8, 4) is 11.5 Å². The maximum Gasteiger partial charge on any atom is 0.244 e. The standard InChI is InChI=1S/C26H36ClN3O6S/c1-7-18(3)28-26(32)22(8-2)29(16-19-11-9-10-12-21(19)27)25(31)17-30(37(6,33)34)23-14-13-20(35-4)15-24(23)36-5/h9-15,18,22H,7-8,16-17H2,1-6H3,(H,28,32)/t18-,22-/m1/s1. The number of anilines is 1. The second-order valence-electron chi connectivity index (χ2n) is 8.66. The van der Waals surface area contributed by atoms with Gasteiger partial charge in [0, 0.05) is 23.7 Å². The van der Waals surface area contributed by atoms with Gasteiger partial charge >= 0.3 is 0 Å². The minimum absolute atomic E-state index is 0.0300.